The lowest BCUT2D eigenvalue weighted by atomic mass is 10.1. The van der Waals surface area contributed by atoms with Gasteiger partial charge in [0.05, 0.1) is 13.2 Å². The van der Waals surface area contributed by atoms with E-state index < -0.39 is 0 Å². The standard InChI is InChI=1S/C17H23N3O2S/c1-11(2)7-14(18)17-20-15(10-23-17)16(21)19-9-12-5-4-6-13(8-12)22-3/h4-6,8,10-11,14H,7,9,18H2,1-3H3,(H,19,21). The number of carbonyl (C=O) groups is 1. The van der Waals surface area contributed by atoms with Crippen LogP contribution in [-0.4, -0.2) is 18.0 Å². The molecule has 1 amide bonds. The van der Waals surface area contributed by atoms with Crippen LogP contribution in [-0.2, 0) is 6.54 Å². The van der Waals surface area contributed by atoms with Gasteiger partial charge in [0.2, 0.25) is 0 Å². The molecule has 1 heterocycles. The minimum absolute atomic E-state index is 0.111. The average molecular weight is 333 g/mol. The van der Waals surface area contributed by atoms with Gasteiger partial charge in [-0.1, -0.05) is 26.0 Å². The molecule has 2 rings (SSSR count). The van der Waals surface area contributed by atoms with Gasteiger partial charge in [-0.3, -0.25) is 4.79 Å². The number of nitrogens with one attached hydrogen (secondary N) is 1. The van der Waals surface area contributed by atoms with Crippen LogP contribution < -0.4 is 15.8 Å². The van der Waals surface area contributed by atoms with Crippen molar-refractivity contribution in [3.8, 4) is 5.75 Å². The lowest BCUT2D eigenvalue weighted by molar-refractivity contribution is 0.0946. The maximum absolute atomic E-state index is 12.2. The number of benzene rings is 1. The predicted octanol–water partition coefficient (Wildman–Crippen LogP) is 3.13. The average Bonchev–Trinajstić information content (AvgIpc) is 3.02. The van der Waals surface area contributed by atoms with Gasteiger partial charge >= 0.3 is 0 Å². The largest absolute Gasteiger partial charge is 0.497 e. The zero-order valence-corrected chi connectivity index (χ0v) is 14.5. The molecule has 0 saturated carbocycles. The maximum atomic E-state index is 12.2. The molecule has 23 heavy (non-hydrogen) atoms. The number of ether oxygens (including phenoxy) is 1. The van der Waals surface area contributed by atoms with Crippen molar-refractivity contribution in [3.63, 3.8) is 0 Å². The number of thiazole rings is 1. The van der Waals surface area contributed by atoms with Gasteiger partial charge in [0.1, 0.15) is 16.5 Å². The topological polar surface area (TPSA) is 77.2 Å². The molecule has 0 bridgehead atoms. The van der Waals surface area contributed by atoms with Gasteiger partial charge < -0.3 is 15.8 Å². The minimum Gasteiger partial charge on any atom is -0.497 e. The monoisotopic (exact) mass is 333 g/mol. The Balaban J connectivity index is 1.94. The van der Waals surface area contributed by atoms with Gasteiger partial charge in [-0.25, -0.2) is 4.98 Å². The van der Waals surface area contributed by atoms with Crippen LogP contribution in [0, 0.1) is 5.92 Å². The molecule has 2 aromatic rings. The van der Waals surface area contributed by atoms with E-state index in [1.165, 1.54) is 11.3 Å². The van der Waals surface area contributed by atoms with Crippen molar-refractivity contribution < 1.29 is 9.53 Å². The van der Waals surface area contributed by atoms with Crippen LogP contribution in [0.1, 0.15) is 47.4 Å². The van der Waals surface area contributed by atoms with Crippen molar-refractivity contribution in [1.29, 1.82) is 0 Å². The molecule has 1 aromatic carbocycles. The van der Waals surface area contributed by atoms with Crippen LogP contribution in [0.4, 0.5) is 0 Å². The number of rotatable bonds is 7. The van der Waals surface area contributed by atoms with E-state index in [2.05, 4.69) is 24.1 Å². The minimum atomic E-state index is -0.188. The third kappa shape index (κ3) is 5.04. The molecule has 1 unspecified atom stereocenters. The molecule has 124 valence electrons. The fraction of sp³-hybridized carbons (Fsp3) is 0.412. The molecular formula is C17H23N3O2S. The van der Waals surface area contributed by atoms with E-state index in [4.69, 9.17) is 10.5 Å². The molecule has 0 saturated heterocycles. The number of nitrogens with zero attached hydrogens (tertiary/aromatic N) is 1. The summed E-state index contributed by atoms with van der Waals surface area (Å²) in [5.41, 5.74) is 7.51. The smallest absolute Gasteiger partial charge is 0.271 e. The summed E-state index contributed by atoms with van der Waals surface area (Å²) in [6, 6.07) is 7.49. The van der Waals surface area contributed by atoms with Gasteiger partial charge in [0.25, 0.3) is 5.91 Å². The van der Waals surface area contributed by atoms with Crippen LogP contribution >= 0.6 is 11.3 Å². The Morgan fingerprint density at radius 2 is 2.22 bits per heavy atom. The van der Waals surface area contributed by atoms with E-state index in [-0.39, 0.29) is 11.9 Å². The summed E-state index contributed by atoms with van der Waals surface area (Å²) in [5, 5.41) is 5.44. The number of methoxy groups -OCH3 is 1. The number of nitrogens with two attached hydrogens (primary N) is 1. The fourth-order valence-corrected chi connectivity index (χ4v) is 3.04. The number of amides is 1. The molecule has 0 radical (unpaired) electrons. The van der Waals surface area contributed by atoms with Crippen molar-refractivity contribution >= 4 is 17.2 Å². The van der Waals surface area contributed by atoms with Gasteiger partial charge in [0, 0.05) is 11.9 Å². The Labute approximate surface area is 140 Å². The Morgan fingerprint density at radius 1 is 1.43 bits per heavy atom. The Kier molecular flexibility index (Phi) is 6.12. The van der Waals surface area contributed by atoms with E-state index in [1.54, 1.807) is 12.5 Å². The summed E-state index contributed by atoms with van der Waals surface area (Å²) in [6.45, 7) is 4.67. The second kappa shape index (κ2) is 8.08. The number of aromatic nitrogens is 1. The van der Waals surface area contributed by atoms with Crippen LogP contribution in [0.5, 0.6) is 5.75 Å². The quantitative estimate of drug-likeness (QED) is 0.816. The van der Waals surface area contributed by atoms with E-state index in [9.17, 15) is 4.79 Å². The van der Waals surface area contributed by atoms with Crippen molar-refractivity contribution in [2.24, 2.45) is 11.7 Å². The number of hydrogen-bond donors (Lipinski definition) is 2. The zero-order chi connectivity index (χ0) is 16.8. The highest BCUT2D eigenvalue weighted by Crippen LogP contribution is 2.22. The summed E-state index contributed by atoms with van der Waals surface area (Å²) in [7, 11) is 1.62. The van der Waals surface area contributed by atoms with E-state index in [0.29, 0.717) is 18.2 Å². The lowest BCUT2D eigenvalue weighted by Gasteiger charge is -2.10. The fourth-order valence-electron chi connectivity index (χ4n) is 2.23. The molecule has 1 atom stereocenters. The second-order valence-corrected chi connectivity index (χ2v) is 6.73. The molecule has 3 N–H and O–H groups in total. The maximum Gasteiger partial charge on any atom is 0.271 e. The Bertz CT molecular complexity index is 655. The Hall–Kier alpha value is -1.92. The van der Waals surface area contributed by atoms with Crippen molar-refractivity contribution in [2.75, 3.05) is 7.11 Å². The first-order chi connectivity index (χ1) is 11.0. The first kappa shape index (κ1) is 17.4. The summed E-state index contributed by atoms with van der Waals surface area (Å²) in [5.74, 6) is 1.08. The van der Waals surface area contributed by atoms with Gasteiger partial charge in [-0.15, -0.1) is 11.3 Å². The molecule has 0 aliphatic rings. The highest BCUT2D eigenvalue weighted by molar-refractivity contribution is 7.09. The third-order valence-corrected chi connectivity index (χ3v) is 4.36. The first-order valence-corrected chi connectivity index (χ1v) is 8.49. The van der Waals surface area contributed by atoms with Gasteiger partial charge in [0.15, 0.2) is 0 Å². The SMILES string of the molecule is COc1cccc(CNC(=O)c2csc(C(N)CC(C)C)n2)c1. The van der Waals surface area contributed by atoms with Crippen LogP contribution in [0.3, 0.4) is 0 Å². The van der Waals surface area contributed by atoms with Gasteiger partial charge in [-0.05, 0) is 30.0 Å². The summed E-state index contributed by atoms with van der Waals surface area (Å²) in [4.78, 5) is 16.6. The molecule has 0 aliphatic carbocycles. The van der Waals surface area contributed by atoms with Crippen LogP contribution in [0.25, 0.3) is 0 Å². The van der Waals surface area contributed by atoms with Gasteiger partial charge in [-0.2, -0.15) is 0 Å². The molecule has 6 heteroatoms. The number of carbonyl (C=O) groups excluding carboxylic acids is 1. The van der Waals surface area contributed by atoms with Crippen LogP contribution in [0.15, 0.2) is 29.6 Å². The molecule has 0 fully saturated rings. The summed E-state index contributed by atoms with van der Waals surface area (Å²) >= 11 is 1.44. The van der Waals surface area contributed by atoms with E-state index in [0.717, 1.165) is 22.7 Å². The zero-order valence-electron chi connectivity index (χ0n) is 13.7. The van der Waals surface area contributed by atoms with Crippen LogP contribution in [0.2, 0.25) is 0 Å². The third-order valence-electron chi connectivity index (χ3n) is 3.38. The highest BCUT2D eigenvalue weighted by Gasteiger charge is 2.16. The lowest BCUT2D eigenvalue weighted by Crippen LogP contribution is -2.23. The predicted molar refractivity (Wildman–Crippen MR) is 92.7 cm³/mol. The molecular weight excluding hydrogens is 310 g/mol. The summed E-state index contributed by atoms with van der Waals surface area (Å²) in [6.07, 6.45) is 0.860. The number of hydrogen-bond acceptors (Lipinski definition) is 5. The first-order valence-electron chi connectivity index (χ1n) is 7.61. The Morgan fingerprint density at radius 3 is 2.91 bits per heavy atom. The van der Waals surface area contributed by atoms with E-state index in [1.807, 2.05) is 24.3 Å². The molecule has 1 aromatic heterocycles. The van der Waals surface area contributed by atoms with Crippen molar-refractivity contribution in [3.05, 3.63) is 45.9 Å². The summed E-state index contributed by atoms with van der Waals surface area (Å²) < 4.78 is 5.17. The highest BCUT2D eigenvalue weighted by atomic mass is 32.1. The normalized spacial score (nSPS) is 12.2. The van der Waals surface area contributed by atoms with Crippen molar-refractivity contribution in [2.45, 2.75) is 32.9 Å². The van der Waals surface area contributed by atoms with E-state index >= 15 is 0 Å². The molecule has 5 nitrogen and oxygen atoms in total. The molecule has 0 aliphatic heterocycles. The van der Waals surface area contributed by atoms with Crippen molar-refractivity contribution in [1.82, 2.24) is 10.3 Å². The second-order valence-electron chi connectivity index (χ2n) is 5.84. The molecule has 0 spiro atoms.